The van der Waals surface area contributed by atoms with Crippen LogP contribution < -0.4 is 5.32 Å². The van der Waals surface area contributed by atoms with E-state index in [4.69, 9.17) is 0 Å². The van der Waals surface area contributed by atoms with Gasteiger partial charge in [-0.15, -0.1) is 0 Å². The molecule has 0 aliphatic heterocycles. The number of pyridine rings is 1. The summed E-state index contributed by atoms with van der Waals surface area (Å²) in [7, 11) is 0. The maximum Gasteiger partial charge on any atom is 0.163 e. The molecule has 1 N–H and O–H groups in total. The average molecular weight is 344 g/mol. The molecule has 0 spiro atoms. The van der Waals surface area contributed by atoms with E-state index in [9.17, 15) is 4.39 Å². The molecule has 0 aliphatic rings. The van der Waals surface area contributed by atoms with Gasteiger partial charge in [0.2, 0.25) is 0 Å². The molecule has 0 aliphatic carbocycles. The van der Waals surface area contributed by atoms with Crippen molar-refractivity contribution >= 4 is 16.7 Å². The van der Waals surface area contributed by atoms with Gasteiger partial charge in [-0.1, -0.05) is 30.3 Å². The number of nitrogens with zero attached hydrogens (tertiary/aromatic N) is 3. The Morgan fingerprint density at radius 3 is 2.62 bits per heavy atom. The molecule has 4 nitrogen and oxygen atoms in total. The molecule has 0 saturated carbocycles. The molecule has 0 bridgehead atoms. The summed E-state index contributed by atoms with van der Waals surface area (Å²) in [5.74, 6) is 0.894. The number of halogens is 1. The van der Waals surface area contributed by atoms with Crippen LogP contribution in [-0.4, -0.2) is 21.5 Å². The Balaban J connectivity index is 1.67. The van der Waals surface area contributed by atoms with Gasteiger partial charge < -0.3 is 5.32 Å². The van der Waals surface area contributed by atoms with E-state index in [2.05, 4.69) is 32.4 Å². The molecule has 2 aromatic heterocycles. The van der Waals surface area contributed by atoms with E-state index in [1.165, 1.54) is 17.7 Å². The molecule has 0 fully saturated rings. The largest absolute Gasteiger partial charge is 0.369 e. The summed E-state index contributed by atoms with van der Waals surface area (Å²) in [6.45, 7) is 0.694. The Labute approximate surface area is 150 Å². The predicted octanol–water partition coefficient (Wildman–Crippen LogP) is 4.49. The average Bonchev–Trinajstić information content (AvgIpc) is 2.69. The Hall–Kier alpha value is -3.34. The van der Waals surface area contributed by atoms with E-state index in [1.54, 1.807) is 18.5 Å². The van der Waals surface area contributed by atoms with Crippen molar-refractivity contribution in [1.29, 1.82) is 0 Å². The smallest absolute Gasteiger partial charge is 0.163 e. The predicted molar refractivity (Wildman–Crippen MR) is 101 cm³/mol. The van der Waals surface area contributed by atoms with Crippen molar-refractivity contribution in [3.63, 3.8) is 0 Å². The Morgan fingerprint density at radius 1 is 0.923 bits per heavy atom. The van der Waals surface area contributed by atoms with Crippen molar-refractivity contribution in [1.82, 2.24) is 15.0 Å². The van der Waals surface area contributed by atoms with Crippen molar-refractivity contribution in [2.45, 2.75) is 6.42 Å². The van der Waals surface area contributed by atoms with Crippen molar-refractivity contribution < 1.29 is 4.39 Å². The number of benzene rings is 2. The highest BCUT2D eigenvalue weighted by Crippen LogP contribution is 2.25. The summed E-state index contributed by atoms with van der Waals surface area (Å²) >= 11 is 0. The standard InChI is InChI=1S/C21H17FN4/c22-17-8-9-19-18(13-17)21(24-12-10-15-5-2-1-3-6-15)26-20(25-19)16-7-4-11-23-14-16/h1-9,11,13-14H,10,12H2,(H,24,25,26). The van der Waals surface area contributed by atoms with E-state index in [1.807, 2.05) is 30.3 Å². The number of anilines is 1. The topological polar surface area (TPSA) is 50.7 Å². The van der Waals surface area contributed by atoms with E-state index in [0.717, 1.165) is 12.0 Å². The molecule has 0 unspecified atom stereocenters. The van der Waals surface area contributed by atoms with Gasteiger partial charge in [0.1, 0.15) is 11.6 Å². The number of fused-ring (bicyclic) bond motifs is 1. The van der Waals surface area contributed by atoms with Crippen LogP contribution in [0.2, 0.25) is 0 Å². The molecular weight excluding hydrogens is 327 g/mol. The van der Waals surface area contributed by atoms with Gasteiger partial charge in [-0.05, 0) is 42.3 Å². The molecule has 2 heterocycles. The third kappa shape index (κ3) is 3.52. The van der Waals surface area contributed by atoms with Gasteiger partial charge >= 0.3 is 0 Å². The molecule has 0 atom stereocenters. The first-order chi connectivity index (χ1) is 12.8. The highest BCUT2D eigenvalue weighted by molar-refractivity contribution is 5.90. The lowest BCUT2D eigenvalue weighted by Gasteiger charge is -2.11. The van der Waals surface area contributed by atoms with E-state index in [0.29, 0.717) is 29.1 Å². The van der Waals surface area contributed by atoms with Gasteiger partial charge in [0.05, 0.1) is 5.52 Å². The second kappa shape index (κ2) is 7.27. The van der Waals surface area contributed by atoms with Crippen LogP contribution in [0.25, 0.3) is 22.3 Å². The Kier molecular flexibility index (Phi) is 4.51. The Bertz CT molecular complexity index is 1020. The number of nitrogens with one attached hydrogen (secondary N) is 1. The van der Waals surface area contributed by atoms with Crippen molar-refractivity contribution in [3.8, 4) is 11.4 Å². The minimum absolute atomic E-state index is 0.304. The number of aromatic nitrogens is 3. The third-order valence-electron chi connectivity index (χ3n) is 4.13. The fourth-order valence-electron chi connectivity index (χ4n) is 2.83. The summed E-state index contributed by atoms with van der Waals surface area (Å²) in [6, 6.07) is 18.5. The lowest BCUT2D eigenvalue weighted by atomic mass is 10.1. The SMILES string of the molecule is Fc1ccc2nc(-c3cccnc3)nc(NCCc3ccccc3)c2c1. The molecule has 0 radical (unpaired) electrons. The maximum absolute atomic E-state index is 13.7. The van der Waals surface area contributed by atoms with Gasteiger partial charge in [0.25, 0.3) is 0 Å². The lowest BCUT2D eigenvalue weighted by Crippen LogP contribution is -2.08. The molecule has 128 valence electrons. The quantitative estimate of drug-likeness (QED) is 0.580. The number of hydrogen-bond donors (Lipinski definition) is 1. The first kappa shape index (κ1) is 16.1. The third-order valence-corrected chi connectivity index (χ3v) is 4.13. The fourth-order valence-corrected chi connectivity index (χ4v) is 2.83. The summed E-state index contributed by atoms with van der Waals surface area (Å²) < 4.78 is 13.7. The molecule has 26 heavy (non-hydrogen) atoms. The molecule has 0 saturated heterocycles. The van der Waals surface area contributed by atoms with Crippen molar-refractivity contribution in [2.75, 3.05) is 11.9 Å². The second-order valence-electron chi connectivity index (χ2n) is 5.96. The first-order valence-electron chi connectivity index (χ1n) is 8.45. The first-order valence-corrected chi connectivity index (χ1v) is 8.45. The Morgan fingerprint density at radius 2 is 1.81 bits per heavy atom. The second-order valence-corrected chi connectivity index (χ2v) is 5.96. The zero-order valence-corrected chi connectivity index (χ0v) is 14.1. The highest BCUT2D eigenvalue weighted by atomic mass is 19.1. The van der Waals surface area contributed by atoms with Crippen LogP contribution in [0.5, 0.6) is 0 Å². The molecule has 4 rings (SSSR count). The van der Waals surface area contributed by atoms with Crippen LogP contribution >= 0.6 is 0 Å². The van der Waals surface area contributed by atoms with Gasteiger partial charge in [-0.25, -0.2) is 14.4 Å². The monoisotopic (exact) mass is 344 g/mol. The van der Waals surface area contributed by atoms with Crippen LogP contribution in [0, 0.1) is 5.82 Å². The normalized spacial score (nSPS) is 10.8. The minimum Gasteiger partial charge on any atom is -0.369 e. The van der Waals surface area contributed by atoms with Crippen LogP contribution in [0.15, 0.2) is 73.1 Å². The number of rotatable bonds is 5. The van der Waals surface area contributed by atoms with E-state index < -0.39 is 0 Å². The summed E-state index contributed by atoms with van der Waals surface area (Å²) in [6.07, 6.45) is 4.28. The van der Waals surface area contributed by atoms with Gasteiger partial charge in [-0.3, -0.25) is 4.98 Å². The van der Waals surface area contributed by atoms with Gasteiger partial charge in [0, 0.05) is 29.9 Å². The summed E-state index contributed by atoms with van der Waals surface area (Å²) in [5, 5.41) is 4.01. The fraction of sp³-hybridized carbons (Fsp3) is 0.0952. The minimum atomic E-state index is -0.304. The number of hydrogen-bond acceptors (Lipinski definition) is 4. The molecular formula is C21H17FN4. The van der Waals surface area contributed by atoms with E-state index >= 15 is 0 Å². The summed E-state index contributed by atoms with van der Waals surface area (Å²) in [5.41, 5.74) is 2.75. The van der Waals surface area contributed by atoms with Crippen LogP contribution in [0.1, 0.15) is 5.56 Å². The van der Waals surface area contributed by atoms with Gasteiger partial charge in [-0.2, -0.15) is 0 Å². The molecule has 0 amide bonds. The molecule has 2 aromatic carbocycles. The van der Waals surface area contributed by atoms with Crippen molar-refractivity contribution in [2.24, 2.45) is 0 Å². The summed E-state index contributed by atoms with van der Waals surface area (Å²) in [4.78, 5) is 13.3. The van der Waals surface area contributed by atoms with E-state index in [-0.39, 0.29) is 5.82 Å². The lowest BCUT2D eigenvalue weighted by molar-refractivity contribution is 0.629. The molecule has 4 aromatic rings. The molecule has 5 heteroatoms. The van der Waals surface area contributed by atoms with Gasteiger partial charge in [0.15, 0.2) is 5.82 Å². The highest BCUT2D eigenvalue weighted by Gasteiger charge is 2.10. The zero-order chi connectivity index (χ0) is 17.8. The zero-order valence-electron chi connectivity index (χ0n) is 14.1. The maximum atomic E-state index is 13.7. The van der Waals surface area contributed by atoms with Crippen LogP contribution in [-0.2, 0) is 6.42 Å². The van der Waals surface area contributed by atoms with Crippen molar-refractivity contribution in [3.05, 3.63) is 84.4 Å². The van der Waals surface area contributed by atoms with Crippen LogP contribution in [0.4, 0.5) is 10.2 Å². The van der Waals surface area contributed by atoms with Crippen LogP contribution in [0.3, 0.4) is 0 Å².